The Morgan fingerprint density at radius 2 is 2.22 bits per heavy atom. The van der Waals surface area contributed by atoms with Gasteiger partial charge in [0.25, 0.3) is 5.91 Å². The Hall–Kier alpha value is -1.69. The van der Waals surface area contributed by atoms with Crippen LogP contribution in [0.15, 0.2) is 35.3 Å². The summed E-state index contributed by atoms with van der Waals surface area (Å²) >= 11 is 3.20. The van der Waals surface area contributed by atoms with Crippen LogP contribution in [-0.4, -0.2) is 20.4 Å². The molecule has 1 fully saturated rings. The van der Waals surface area contributed by atoms with Crippen LogP contribution in [0.1, 0.15) is 29.4 Å². The Kier molecular flexibility index (Phi) is 2.87. The zero-order valence-electron chi connectivity index (χ0n) is 9.51. The van der Waals surface area contributed by atoms with Crippen LogP contribution < -0.4 is 5.32 Å². The molecule has 1 N–H and O–H groups in total. The number of carbonyl (C=O) groups is 1. The average Bonchev–Trinajstić information content (AvgIpc) is 3.09. The van der Waals surface area contributed by atoms with E-state index < -0.39 is 0 Å². The number of halogens is 1. The smallest absolute Gasteiger partial charge is 0.273 e. The zero-order chi connectivity index (χ0) is 12.5. The molecule has 1 saturated carbocycles. The predicted octanol–water partition coefficient (Wildman–Crippen LogP) is 2.63. The highest BCUT2D eigenvalue weighted by molar-refractivity contribution is 9.10. The molecule has 5 nitrogen and oxygen atoms in total. The highest BCUT2D eigenvalue weighted by Crippen LogP contribution is 2.36. The van der Waals surface area contributed by atoms with E-state index in [9.17, 15) is 4.79 Å². The molecule has 0 bridgehead atoms. The van der Waals surface area contributed by atoms with E-state index >= 15 is 0 Å². The SMILES string of the molecule is O=C(Nc1cnc(Br)cn1)c1cccn1C1CC1. The van der Waals surface area contributed by atoms with E-state index in [0.29, 0.717) is 22.2 Å². The molecule has 0 unspecified atom stereocenters. The number of nitrogens with zero attached hydrogens (tertiary/aromatic N) is 3. The third-order valence-corrected chi connectivity index (χ3v) is 3.22. The van der Waals surface area contributed by atoms with Gasteiger partial charge in [-0.1, -0.05) is 0 Å². The third kappa shape index (κ3) is 2.28. The number of aromatic nitrogens is 3. The normalized spacial score (nSPS) is 14.5. The van der Waals surface area contributed by atoms with Crippen molar-refractivity contribution in [3.63, 3.8) is 0 Å². The Morgan fingerprint density at radius 1 is 1.39 bits per heavy atom. The molecule has 92 valence electrons. The van der Waals surface area contributed by atoms with Crippen molar-refractivity contribution in [1.29, 1.82) is 0 Å². The van der Waals surface area contributed by atoms with Gasteiger partial charge in [-0.2, -0.15) is 0 Å². The fraction of sp³-hybridized carbons (Fsp3) is 0.250. The molecular weight excluding hydrogens is 296 g/mol. The summed E-state index contributed by atoms with van der Waals surface area (Å²) < 4.78 is 2.66. The minimum absolute atomic E-state index is 0.150. The van der Waals surface area contributed by atoms with Crippen LogP contribution >= 0.6 is 15.9 Å². The van der Waals surface area contributed by atoms with Gasteiger partial charge < -0.3 is 9.88 Å². The van der Waals surface area contributed by atoms with E-state index in [0.717, 1.165) is 12.8 Å². The van der Waals surface area contributed by atoms with Crippen molar-refractivity contribution in [1.82, 2.24) is 14.5 Å². The standard InChI is InChI=1S/C12H11BrN4O/c13-10-6-15-11(7-14-10)16-12(18)9-2-1-5-17(9)8-3-4-8/h1-2,5-8H,3-4H2,(H,15,16,18). The third-order valence-electron chi connectivity index (χ3n) is 2.81. The monoisotopic (exact) mass is 306 g/mol. The first kappa shape index (κ1) is 11.4. The average molecular weight is 307 g/mol. The molecule has 2 aromatic rings. The molecule has 2 aromatic heterocycles. The second-order valence-corrected chi connectivity index (χ2v) is 5.02. The topological polar surface area (TPSA) is 59.8 Å². The maximum atomic E-state index is 12.1. The highest BCUT2D eigenvalue weighted by atomic mass is 79.9. The maximum absolute atomic E-state index is 12.1. The molecule has 0 radical (unpaired) electrons. The van der Waals surface area contributed by atoms with Crippen LogP contribution in [0.5, 0.6) is 0 Å². The molecule has 3 rings (SSSR count). The first-order valence-corrected chi connectivity index (χ1v) is 6.49. The van der Waals surface area contributed by atoms with Gasteiger partial charge in [0.2, 0.25) is 0 Å². The van der Waals surface area contributed by atoms with Crippen molar-refractivity contribution < 1.29 is 4.79 Å². The molecule has 0 aromatic carbocycles. The van der Waals surface area contributed by atoms with E-state index in [2.05, 4.69) is 31.2 Å². The van der Waals surface area contributed by atoms with E-state index in [4.69, 9.17) is 0 Å². The maximum Gasteiger partial charge on any atom is 0.273 e. The number of anilines is 1. The Morgan fingerprint density at radius 3 is 2.89 bits per heavy atom. The minimum atomic E-state index is -0.150. The Balaban J connectivity index is 1.78. The van der Waals surface area contributed by atoms with Crippen LogP contribution in [0, 0.1) is 0 Å². The van der Waals surface area contributed by atoms with Crippen LogP contribution in [0.25, 0.3) is 0 Å². The van der Waals surface area contributed by atoms with Crippen molar-refractivity contribution in [3.8, 4) is 0 Å². The van der Waals surface area contributed by atoms with Crippen LogP contribution in [0.4, 0.5) is 5.82 Å². The van der Waals surface area contributed by atoms with Gasteiger partial charge in [-0.3, -0.25) is 4.79 Å². The van der Waals surface area contributed by atoms with Crippen LogP contribution in [0.3, 0.4) is 0 Å². The Labute approximate surface area is 112 Å². The Bertz CT molecular complexity index is 574. The lowest BCUT2D eigenvalue weighted by atomic mass is 10.4. The van der Waals surface area contributed by atoms with Crippen molar-refractivity contribution in [2.75, 3.05) is 5.32 Å². The molecule has 0 aliphatic heterocycles. The highest BCUT2D eigenvalue weighted by Gasteiger charge is 2.26. The van der Waals surface area contributed by atoms with Gasteiger partial charge in [0, 0.05) is 12.2 Å². The predicted molar refractivity (Wildman–Crippen MR) is 70.4 cm³/mol. The zero-order valence-corrected chi connectivity index (χ0v) is 11.1. The summed E-state index contributed by atoms with van der Waals surface area (Å²) in [5, 5.41) is 2.74. The van der Waals surface area contributed by atoms with Gasteiger partial charge in [-0.15, -0.1) is 0 Å². The van der Waals surface area contributed by atoms with Gasteiger partial charge >= 0.3 is 0 Å². The van der Waals surface area contributed by atoms with Crippen molar-refractivity contribution in [3.05, 3.63) is 41.0 Å². The summed E-state index contributed by atoms with van der Waals surface area (Å²) in [6.07, 6.45) is 7.31. The van der Waals surface area contributed by atoms with E-state index in [1.165, 1.54) is 6.20 Å². The number of hydrogen-bond acceptors (Lipinski definition) is 3. The van der Waals surface area contributed by atoms with E-state index in [1.54, 1.807) is 6.20 Å². The molecule has 6 heteroatoms. The molecular formula is C12H11BrN4O. The van der Waals surface area contributed by atoms with Gasteiger partial charge in [0.15, 0.2) is 5.82 Å². The number of rotatable bonds is 3. The van der Waals surface area contributed by atoms with Gasteiger partial charge in [0.1, 0.15) is 10.3 Å². The van der Waals surface area contributed by atoms with Gasteiger partial charge in [0.05, 0.1) is 12.4 Å². The van der Waals surface area contributed by atoms with Crippen molar-refractivity contribution >= 4 is 27.7 Å². The molecule has 18 heavy (non-hydrogen) atoms. The second kappa shape index (κ2) is 4.53. The first-order valence-electron chi connectivity index (χ1n) is 5.70. The van der Waals surface area contributed by atoms with Crippen LogP contribution in [-0.2, 0) is 0 Å². The number of carbonyl (C=O) groups excluding carboxylic acids is 1. The molecule has 0 saturated heterocycles. The number of nitrogens with one attached hydrogen (secondary N) is 1. The lowest BCUT2D eigenvalue weighted by molar-refractivity contribution is 0.101. The summed E-state index contributed by atoms with van der Waals surface area (Å²) in [7, 11) is 0. The number of amides is 1. The summed E-state index contributed by atoms with van der Waals surface area (Å²) in [6.45, 7) is 0. The minimum Gasteiger partial charge on any atom is -0.340 e. The quantitative estimate of drug-likeness (QED) is 0.948. The molecule has 0 spiro atoms. The van der Waals surface area contributed by atoms with Gasteiger partial charge in [-0.05, 0) is 40.9 Å². The second-order valence-electron chi connectivity index (χ2n) is 4.21. The fourth-order valence-corrected chi connectivity index (χ4v) is 2.02. The van der Waals surface area contributed by atoms with E-state index in [-0.39, 0.29) is 5.91 Å². The molecule has 2 heterocycles. The summed E-state index contributed by atoms with van der Waals surface area (Å²) in [4.78, 5) is 20.2. The summed E-state index contributed by atoms with van der Waals surface area (Å²) in [5.74, 6) is 0.301. The molecule has 1 amide bonds. The summed E-state index contributed by atoms with van der Waals surface area (Å²) in [6, 6.07) is 4.19. The lowest BCUT2D eigenvalue weighted by Crippen LogP contribution is -2.17. The van der Waals surface area contributed by atoms with E-state index in [1.807, 2.05) is 22.9 Å². The molecule has 1 aliphatic rings. The van der Waals surface area contributed by atoms with Crippen molar-refractivity contribution in [2.45, 2.75) is 18.9 Å². The fourth-order valence-electron chi connectivity index (χ4n) is 1.81. The van der Waals surface area contributed by atoms with Crippen LogP contribution in [0.2, 0.25) is 0 Å². The first-order chi connectivity index (χ1) is 8.74. The van der Waals surface area contributed by atoms with Gasteiger partial charge in [-0.25, -0.2) is 9.97 Å². The lowest BCUT2D eigenvalue weighted by Gasteiger charge is -2.07. The summed E-state index contributed by atoms with van der Waals surface area (Å²) in [5.41, 5.74) is 0.669. The molecule has 1 aliphatic carbocycles. The number of hydrogen-bond donors (Lipinski definition) is 1. The van der Waals surface area contributed by atoms with Crippen molar-refractivity contribution in [2.24, 2.45) is 0 Å². The molecule has 0 atom stereocenters. The largest absolute Gasteiger partial charge is 0.340 e.